The molecule has 1 aliphatic heterocycles. The number of imidazole rings is 1. The molecule has 3 atom stereocenters. The van der Waals surface area contributed by atoms with Crippen molar-refractivity contribution in [3.63, 3.8) is 0 Å². The summed E-state index contributed by atoms with van der Waals surface area (Å²) in [4.78, 5) is 30.4. The highest BCUT2D eigenvalue weighted by atomic mass is 16.5. The average Bonchev–Trinajstić information content (AvgIpc) is 3.54. The van der Waals surface area contributed by atoms with Gasteiger partial charge in [-0.25, -0.2) is 9.97 Å². The number of amides is 1. The molecule has 2 aliphatic carbocycles. The van der Waals surface area contributed by atoms with E-state index >= 15 is 0 Å². The van der Waals surface area contributed by atoms with Gasteiger partial charge in [-0.05, 0) is 116 Å². The average molecular weight is 653 g/mol. The fourth-order valence-corrected chi connectivity index (χ4v) is 8.11. The van der Waals surface area contributed by atoms with Crippen molar-refractivity contribution < 1.29 is 14.3 Å². The van der Waals surface area contributed by atoms with Crippen LogP contribution in [0.2, 0.25) is 0 Å². The summed E-state index contributed by atoms with van der Waals surface area (Å²) in [5, 5.41) is 1.07. The lowest BCUT2D eigenvalue weighted by Crippen LogP contribution is -2.38. The number of fused-ring (bicyclic) bond motifs is 4. The maximum atomic E-state index is 13.8. The zero-order valence-electron chi connectivity index (χ0n) is 28.2. The van der Waals surface area contributed by atoms with Crippen LogP contribution in [-0.2, 0) is 20.2 Å². The number of likely N-dealkylation sites (tertiary alicyclic amines) is 1. The number of nitrogens with zero attached hydrogens (tertiary/aromatic N) is 6. The van der Waals surface area contributed by atoms with Crippen molar-refractivity contribution in [1.29, 1.82) is 0 Å². The molecule has 4 aromatic heterocycles. The number of piperidine rings is 1. The van der Waals surface area contributed by atoms with E-state index in [4.69, 9.17) is 19.4 Å². The van der Waals surface area contributed by atoms with Gasteiger partial charge in [-0.2, -0.15) is 0 Å². The predicted octanol–water partition coefficient (Wildman–Crippen LogP) is 7.52. The summed E-state index contributed by atoms with van der Waals surface area (Å²) in [7, 11) is 3.71. The number of hydrogen-bond acceptors (Lipinski definition) is 6. The Kier molecular flexibility index (Phi) is 7.18. The molecule has 2 unspecified atom stereocenters. The van der Waals surface area contributed by atoms with Crippen LogP contribution in [0.3, 0.4) is 0 Å². The molecule has 6 aromatic rings. The highest BCUT2D eigenvalue weighted by Crippen LogP contribution is 2.44. The fourth-order valence-electron chi connectivity index (χ4n) is 8.11. The molecule has 9 nitrogen and oxygen atoms in total. The lowest BCUT2D eigenvalue weighted by Gasteiger charge is -2.27. The molecule has 0 radical (unpaired) electrons. The van der Waals surface area contributed by atoms with Crippen LogP contribution < -0.4 is 9.47 Å². The SMILES string of the molecule is COc1cc(C(=O)N2CC3CCC2[C@@H]3C)cc2nc(-c3cc4ccc(-c5ccc(OCc6ccncc6)cc5)nc4n3CC3CC3)n(C)c12. The fraction of sp³-hybridized carbons (Fsp3) is 0.350. The number of rotatable bonds is 9. The smallest absolute Gasteiger partial charge is 0.254 e. The Bertz CT molecular complexity index is 2200. The zero-order chi connectivity index (χ0) is 33.2. The normalized spacial score (nSPS) is 20.1. The van der Waals surface area contributed by atoms with Crippen molar-refractivity contribution in [2.45, 2.75) is 51.8 Å². The molecule has 2 bridgehead atoms. The van der Waals surface area contributed by atoms with Gasteiger partial charge in [-0.1, -0.05) is 6.92 Å². The second-order valence-corrected chi connectivity index (χ2v) is 14.1. The van der Waals surface area contributed by atoms with E-state index < -0.39 is 0 Å². The molecular weight excluding hydrogens is 612 g/mol. The third-order valence-electron chi connectivity index (χ3n) is 11.1. The van der Waals surface area contributed by atoms with Gasteiger partial charge in [0, 0.05) is 55.1 Å². The molecule has 1 amide bonds. The Balaban J connectivity index is 1.06. The molecule has 49 heavy (non-hydrogen) atoms. The van der Waals surface area contributed by atoms with E-state index in [0.717, 1.165) is 75.7 Å². The van der Waals surface area contributed by atoms with Gasteiger partial charge in [0.05, 0.1) is 24.0 Å². The number of aromatic nitrogens is 5. The topological polar surface area (TPSA) is 87.3 Å². The second kappa shape index (κ2) is 11.8. The third kappa shape index (κ3) is 5.23. The Morgan fingerprint density at radius 3 is 2.47 bits per heavy atom. The minimum Gasteiger partial charge on any atom is -0.494 e. The summed E-state index contributed by atoms with van der Waals surface area (Å²) >= 11 is 0. The van der Waals surface area contributed by atoms with Gasteiger partial charge in [0.1, 0.15) is 29.3 Å². The Morgan fingerprint density at radius 2 is 1.76 bits per heavy atom. The number of pyridine rings is 2. The molecular formula is C40H40N6O3. The third-order valence-corrected chi connectivity index (χ3v) is 11.1. The van der Waals surface area contributed by atoms with Crippen LogP contribution in [0.1, 0.15) is 48.5 Å². The quantitative estimate of drug-likeness (QED) is 0.161. The number of ether oxygens (including phenoxy) is 2. The maximum Gasteiger partial charge on any atom is 0.254 e. The summed E-state index contributed by atoms with van der Waals surface area (Å²) < 4.78 is 16.3. The number of carbonyl (C=O) groups excluding carboxylic acids is 1. The highest BCUT2D eigenvalue weighted by molar-refractivity contribution is 6.00. The summed E-state index contributed by atoms with van der Waals surface area (Å²) in [5.41, 5.74) is 7.28. The van der Waals surface area contributed by atoms with Crippen LogP contribution in [0.25, 0.3) is 44.8 Å². The molecule has 248 valence electrons. The molecule has 9 rings (SSSR count). The van der Waals surface area contributed by atoms with Gasteiger partial charge in [-0.3, -0.25) is 9.78 Å². The maximum absolute atomic E-state index is 13.8. The van der Waals surface area contributed by atoms with Crippen molar-refractivity contribution in [2.75, 3.05) is 13.7 Å². The lowest BCUT2D eigenvalue weighted by molar-refractivity contribution is 0.0696. The molecule has 3 fully saturated rings. The first-order chi connectivity index (χ1) is 23.9. The van der Waals surface area contributed by atoms with Crippen LogP contribution in [0.5, 0.6) is 11.5 Å². The molecule has 5 heterocycles. The van der Waals surface area contributed by atoms with Gasteiger partial charge in [0.25, 0.3) is 5.91 Å². The predicted molar refractivity (Wildman–Crippen MR) is 189 cm³/mol. The van der Waals surface area contributed by atoms with E-state index in [0.29, 0.717) is 41.7 Å². The minimum atomic E-state index is 0.0828. The Morgan fingerprint density at radius 1 is 0.939 bits per heavy atom. The molecule has 0 spiro atoms. The Labute approximate surface area is 285 Å². The van der Waals surface area contributed by atoms with E-state index in [9.17, 15) is 4.79 Å². The van der Waals surface area contributed by atoms with Gasteiger partial charge >= 0.3 is 0 Å². The van der Waals surface area contributed by atoms with Crippen LogP contribution >= 0.6 is 0 Å². The second-order valence-electron chi connectivity index (χ2n) is 14.1. The van der Waals surface area contributed by atoms with E-state index in [1.807, 2.05) is 43.4 Å². The largest absolute Gasteiger partial charge is 0.494 e. The van der Waals surface area contributed by atoms with Crippen molar-refractivity contribution in [3.8, 4) is 34.3 Å². The number of methoxy groups -OCH3 is 1. The van der Waals surface area contributed by atoms with Crippen LogP contribution in [0.4, 0.5) is 0 Å². The van der Waals surface area contributed by atoms with Crippen molar-refractivity contribution in [1.82, 2.24) is 29.0 Å². The number of hydrogen-bond donors (Lipinski definition) is 0. The van der Waals surface area contributed by atoms with E-state index in [-0.39, 0.29) is 5.91 Å². The van der Waals surface area contributed by atoms with Crippen molar-refractivity contribution in [2.24, 2.45) is 24.8 Å². The molecule has 9 heteroatoms. The minimum absolute atomic E-state index is 0.0828. The van der Waals surface area contributed by atoms with Gasteiger partial charge < -0.3 is 23.5 Å². The standard InChI is InChI=1S/C40H40N6O3/c1-24-29-9-13-34(24)46(22-29)40(47)30-18-33-37(36(20-30)48-3)44(2)39(43-33)35-19-28-8-12-32(42-38(28)45(35)21-25-4-5-25)27-6-10-31(11-7-27)49-23-26-14-16-41-17-15-26/h6-8,10-12,14-20,24-25,29,34H,4-5,9,13,21-23H2,1-3H3/t24-,29?,34?/m1/s1. The monoisotopic (exact) mass is 652 g/mol. The molecule has 2 aromatic carbocycles. The first-order valence-electron chi connectivity index (χ1n) is 17.4. The molecule has 2 saturated carbocycles. The van der Waals surface area contributed by atoms with Crippen LogP contribution in [0.15, 0.2) is 79.1 Å². The van der Waals surface area contributed by atoms with Crippen LogP contribution in [0, 0.1) is 17.8 Å². The summed E-state index contributed by atoms with van der Waals surface area (Å²) in [6, 6.07) is 22.7. The number of benzene rings is 2. The highest BCUT2D eigenvalue weighted by Gasteiger charge is 2.46. The van der Waals surface area contributed by atoms with Gasteiger partial charge in [0.15, 0.2) is 5.82 Å². The van der Waals surface area contributed by atoms with E-state index in [1.165, 1.54) is 19.3 Å². The van der Waals surface area contributed by atoms with Gasteiger partial charge in [0.2, 0.25) is 0 Å². The zero-order valence-corrected chi connectivity index (χ0v) is 28.2. The molecule has 3 aliphatic rings. The van der Waals surface area contributed by atoms with E-state index in [2.05, 4.69) is 56.3 Å². The first-order valence-corrected chi connectivity index (χ1v) is 17.4. The molecule has 0 N–H and O–H groups in total. The summed E-state index contributed by atoms with van der Waals surface area (Å²) in [5.74, 6) is 4.20. The number of carbonyl (C=O) groups is 1. The van der Waals surface area contributed by atoms with Crippen molar-refractivity contribution >= 4 is 28.0 Å². The van der Waals surface area contributed by atoms with E-state index in [1.54, 1.807) is 19.5 Å². The Hall–Kier alpha value is -5.18. The van der Waals surface area contributed by atoms with Gasteiger partial charge in [-0.15, -0.1) is 0 Å². The summed E-state index contributed by atoms with van der Waals surface area (Å²) in [6.07, 6.45) is 8.31. The van der Waals surface area contributed by atoms with Crippen molar-refractivity contribution in [3.05, 3.63) is 90.3 Å². The van der Waals surface area contributed by atoms with Crippen LogP contribution in [-0.4, -0.2) is 54.6 Å². The first kappa shape index (κ1) is 29.9. The molecule has 1 saturated heterocycles. The lowest BCUT2D eigenvalue weighted by atomic mass is 10.0. The number of aryl methyl sites for hydroxylation is 1. The summed E-state index contributed by atoms with van der Waals surface area (Å²) in [6.45, 7) is 4.52.